The first-order valence-electron chi connectivity index (χ1n) is 16.5. The van der Waals surface area contributed by atoms with Crippen LogP contribution in [0.25, 0.3) is 70.5 Å². The summed E-state index contributed by atoms with van der Waals surface area (Å²) in [6, 6.07) is 68.2. The van der Waals surface area contributed by atoms with Crippen LogP contribution < -0.4 is 15.9 Å². The summed E-state index contributed by atoms with van der Waals surface area (Å²) in [7, 11) is -1.49. The maximum atomic E-state index is 2.58. The summed E-state index contributed by atoms with van der Waals surface area (Å²) in [5.74, 6) is 0. The molecule has 1 aromatic heterocycles. The smallest absolute Gasteiger partial charge is 0.00809 e. The van der Waals surface area contributed by atoms with Crippen molar-refractivity contribution in [2.24, 2.45) is 0 Å². The normalized spacial score (nSPS) is 14.0. The lowest BCUT2D eigenvalue weighted by Gasteiger charge is -2.30. The third-order valence-corrected chi connectivity index (χ3v) is 14.9. The molecule has 224 valence electrons. The molecule has 8 aromatic carbocycles. The summed E-state index contributed by atoms with van der Waals surface area (Å²) >= 11 is 0. The van der Waals surface area contributed by atoms with E-state index in [1.807, 2.05) is 0 Å². The van der Waals surface area contributed by atoms with Crippen LogP contribution in [0.4, 0.5) is 0 Å². The van der Waals surface area contributed by atoms with Crippen LogP contribution in [0.15, 0.2) is 182 Å². The Morgan fingerprint density at radius 2 is 0.917 bits per heavy atom. The summed E-state index contributed by atoms with van der Waals surface area (Å²) in [5, 5.41) is 14.3. The van der Waals surface area contributed by atoms with Gasteiger partial charge in [0.05, 0.1) is 0 Å². The molecule has 0 nitrogen and oxygen atoms in total. The summed E-state index contributed by atoms with van der Waals surface area (Å²) < 4.78 is 0. The molecule has 2 unspecified atom stereocenters. The van der Waals surface area contributed by atoms with Crippen LogP contribution in [-0.2, 0) is 0 Å². The van der Waals surface area contributed by atoms with E-state index in [0.717, 1.165) is 0 Å². The molecule has 0 radical (unpaired) electrons. The Kier molecular flexibility index (Phi) is 6.48. The lowest BCUT2D eigenvalue weighted by Crippen LogP contribution is -2.26. The highest BCUT2D eigenvalue weighted by Crippen LogP contribution is 2.59. The molecule has 9 aromatic rings. The van der Waals surface area contributed by atoms with E-state index in [4.69, 9.17) is 0 Å². The molecule has 2 heterocycles. The first-order valence-corrected chi connectivity index (χ1v) is 19.2. The molecule has 0 fully saturated rings. The Morgan fingerprint density at radius 1 is 0.312 bits per heavy atom. The molecule has 1 aliphatic heterocycles. The van der Waals surface area contributed by atoms with Crippen molar-refractivity contribution in [2.75, 3.05) is 0 Å². The van der Waals surface area contributed by atoms with Gasteiger partial charge in [-0.05, 0) is 96.9 Å². The fraction of sp³-hybridized carbons (Fsp3) is 0. The van der Waals surface area contributed by atoms with Gasteiger partial charge in [-0.25, -0.2) is 0 Å². The highest BCUT2D eigenvalue weighted by molar-refractivity contribution is 7.80. The average molecular weight is 645 g/mol. The molecule has 0 N–H and O–H groups in total. The van der Waals surface area contributed by atoms with Crippen LogP contribution >= 0.6 is 15.5 Å². The number of rotatable bonds is 4. The molecule has 10 rings (SSSR count). The van der Waals surface area contributed by atoms with Gasteiger partial charge in [0.2, 0.25) is 0 Å². The van der Waals surface area contributed by atoms with Crippen molar-refractivity contribution in [1.82, 2.24) is 0 Å². The van der Waals surface area contributed by atoms with Gasteiger partial charge in [0.1, 0.15) is 0 Å². The van der Waals surface area contributed by atoms with Gasteiger partial charge in [-0.1, -0.05) is 171 Å². The van der Waals surface area contributed by atoms with Gasteiger partial charge < -0.3 is 0 Å². The predicted molar refractivity (Wildman–Crippen MR) is 212 cm³/mol. The van der Waals surface area contributed by atoms with E-state index in [1.165, 1.54) is 86.4 Å². The second kappa shape index (κ2) is 11.2. The summed E-state index contributed by atoms with van der Waals surface area (Å²) in [6.07, 6.45) is 0. The van der Waals surface area contributed by atoms with Gasteiger partial charge >= 0.3 is 0 Å². The van der Waals surface area contributed by atoms with Crippen molar-refractivity contribution < 1.29 is 0 Å². The Morgan fingerprint density at radius 3 is 1.60 bits per heavy atom. The minimum atomic E-state index is -0.753. The number of hydrogen-bond donors (Lipinski definition) is 0. The molecule has 0 spiro atoms. The molecule has 0 saturated heterocycles. The zero-order chi connectivity index (χ0) is 31.6. The molecular formula is C46H30P2. The second-order valence-corrected chi connectivity index (χ2v) is 16.9. The summed E-state index contributed by atoms with van der Waals surface area (Å²) in [5.41, 5.74) is 7.84. The second-order valence-electron chi connectivity index (χ2n) is 12.6. The molecular weight excluding hydrogens is 614 g/mol. The maximum Gasteiger partial charge on any atom is 0.00809 e. The van der Waals surface area contributed by atoms with Crippen LogP contribution in [0, 0.1) is 0 Å². The first-order chi connectivity index (χ1) is 23.8. The van der Waals surface area contributed by atoms with Crippen LogP contribution in [0.1, 0.15) is 0 Å². The zero-order valence-corrected chi connectivity index (χ0v) is 28.0. The van der Waals surface area contributed by atoms with Crippen LogP contribution in [0.5, 0.6) is 0 Å². The predicted octanol–water partition coefficient (Wildman–Crippen LogP) is 12.2. The van der Waals surface area contributed by atoms with Crippen molar-refractivity contribution in [3.63, 3.8) is 0 Å². The molecule has 0 aliphatic carbocycles. The Hall–Kier alpha value is -5.25. The van der Waals surface area contributed by atoms with Crippen molar-refractivity contribution in [2.45, 2.75) is 0 Å². The minimum absolute atomic E-state index is 0.740. The first kappa shape index (κ1) is 27.8. The fourth-order valence-corrected chi connectivity index (χ4v) is 13.2. The van der Waals surface area contributed by atoms with E-state index in [-0.39, 0.29) is 0 Å². The van der Waals surface area contributed by atoms with E-state index in [1.54, 1.807) is 0 Å². The van der Waals surface area contributed by atoms with Gasteiger partial charge in [0.15, 0.2) is 0 Å². The molecule has 2 atom stereocenters. The Labute approximate surface area is 282 Å². The standard InChI is InChI=1S/C46H30P2/c1-5-14-31(15-6-1)33-24-26-37-40-30-44-45(39-22-13-23-41(46(39)40)47(42(37)28-33)35-18-9-3-10-19-35)38-27-25-34(32-16-7-2-8-17-32)29-43(38)48(44)36-20-11-4-12-21-36/h1-30H. The van der Waals surface area contributed by atoms with Gasteiger partial charge in [0.25, 0.3) is 0 Å². The maximum absolute atomic E-state index is 2.58. The zero-order valence-electron chi connectivity index (χ0n) is 26.2. The van der Waals surface area contributed by atoms with Crippen molar-refractivity contribution in [1.29, 1.82) is 0 Å². The summed E-state index contributed by atoms with van der Waals surface area (Å²) in [4.78, 5) is 0. The fourth-order valence-electron chi connectivity index (χ4n) is 7.77. The monoisotopic (exact) mass is 644 g/mol. The van der Waals surface area contributed by atoms with Gasteiger partial charge in [-0.2, -0.15) is 0 Å². The SMILES string of the molecule is c1ccc(-c2ccc3c(c2)P(c2ccccc2)c2cccc4c2c-3cc2c4c3ccc(-c4ccccc4)cc3p2-c2ccccc2)cc1. The van der Waals surface area contributed by atoms with Crippen LogP contribution in [0.2, 0.25) is 0 Å². The molecule has 2 heteroatoms. The van der Waals surface area contributed by atoms with Crippen LogP contribution in [-0.4, -0.2) is 0 Å². The van der Waals surface area contributed by atoms with E-state index in [9.17, 15) is 0 Å². The number of benzene rings is 8. The topological polar surface area (TPSA) is 0 Å². The largest absolute Gasteiger partial charge is 0.0772 e. The van der Waals surface area contributed by atoms with Gasteiger partial charge in [-0.15, -0.1) is 0 Å². The minimum Gasteiger partial charge on any atom is -0.0772 e. The van der Waals surface area contributed by atoms with E-state index in [0.29, 0.717) is 0 Å². The molecule has 1 aliphatic rings. The van der Waals surface area contributed by atoms with Gasteiger partial charge in [-0.3, -0.25) is 0 Å². The molecule has 0 amide bonds. The Balaban J connectivity index is 1.34. The lowest BCUT2D eigenvalue weighted by molar-refractivity contribution is 1.63. The summed E-state index contributed by atoms with van der Waals surface area (Å²) in [6.45, 7) is 0. The lowest BCUT2D eigenvalue weighted by atomic mass is 9.93. The molecule has 48 heavy (non-hydrogen) atoms. The van der Waals surface area contributed by atoms with E-state index >= 15 is 0 Å². The van der Waals surface area contributed by atoms with Crippen LogP contribution in [0.3, 0.4) is 0 Å². The Bertz CT molecular complexity index is 2640. The van der Waals surface area contributed by atoms with Gasteiger partial charge in [0, 0.05) is 15.6 Å². The quantitative estimate of drug-likeness (QED) is 0.167. The average Bonchev–Trinajstić information content (AvgIpc) is 3.50. The third-order valence-electron chi connectivity index (χ3n) is 9.88. The highest BCUT2D eigenvalue weighted by atomic mass is 31.1. The van der Waals surface area contributed by atoms with E-state index < -0.39 is 15.5 Å². The van der Waals surface area contributed by atoms with E-state index in [2.05, 4.69) is 182 Å². The van der Waals surface area contributed by atoms with Crippen molar-refractivity contribution in [3.8, 4) is 38.7 Å². The molecule has 0 bridgehead atoms. The number of fused-ring (bicyclic) bond motifs is 6. The molecule has 0 saturated carbocycles. The number of hydrogen-bond acceptors (Lipinski definition) is 0. The third kappa shape index (κ3) is 4.27. The van der Waals surface area contributed by atoms with Crippen molar-refractivity contribution in [3.05, 3.63) is 182 Å². The highest BCUT2D eigenvalue weighted by Gasteiger charge is 2.31. The van der Waals surface area contributed by atoms with Crippen molar-refractivity contribution >= 4 is 63.1 Å².